The van der Waals surface area contributed by atoms with Crippen molar-refractivity contribution < 1.29 is 0 Å². The summed E-state index contributed by atoms with van der Waals surface area (Å²) in [5.41, 5.74) is 12.8. The van der Waals surface area contributed by atoms with Gasteiger partial charge in [-0.1, -0.05) is 127 Å². The number of rotatable bonds is 6. The second-order valence-electron chi connectivity index (χ2n) is 14.9. The maximum absolute atomic E-state index is 2.47. The van der Waals surface area contributed by atoms with Crippen LogP contribution in [-0.2, 0) is 0 Å². The lowest BCUT2D eigenvalue weighted by atomic mass is 10.0. The molecule has 12 rings (SSSR count). The first-order valence-electron chi connectivity index (χ1n) is 19.8. The highest BCUT2D eigenvalue weighted by Gasteiger charge is 2.21. The molecule has 0 atom stereocenters. The average molecular weight is 758 g/mol. The molecule has 0 amide bonds. The van der Waals surface area contributed by atoms with E-state index in [1.54, 1.807) is 0 Å². The minimum Gasteiger partial charge on any atom is -0.310 e. The lowest BCUT2D eigenvalue weighted by Gasteiger charge is -2.25. The first-order valence-corrected chi connectivity index (χ1v) is 20.6. The molecule has 0 aliphatic carbocycles. The van der Waals surface area contributed by atoms with Gasteiger partial charge in [0.05, 0.1) is 22.1 Å². The number of aromatic nitrogens is 2. The Labute approximate surface area is 339 Å². The van der Waals surface area contributed by atoms with Crippen molar-refractivity contribution in [3.8, 4) is 22.5 Å². The Bertz CT molecular complexity index is 3450. The summed E-state index contributed by atoms with van der Waals surface area (Å²) >= 11 is 1.88. The monoisotopic (exact) mass is 757 g/mol. The topological polar surface area (TPSA) is 13.1 Å². The molecule has 272 valence electrons. The number of hydrogen-bond acceptors (Lipinski definition) is 2. The third-order valence-corrected chi connectivity index (χ3v) is 12.9. The van der Waals surface area contributed by atoms with E-state index >= 15 is 0 Å². The third-order valence-electron chi connectivity index (χ3n) is 11.7. The Kier molecular flexibility index (Phi) is 7.40. The molecule has 4 heteroatoms. The zero-order valence-electron chi connectivity index (χ0n) is 31.5. The fourth-order valence-corrected chi connectivity index (χ4v) is 10.3. The first-order chi connectivity index (χ1) is 28.8. The van der Waals surface area contributed by atoms with Crippen LogP contribution >= 0.6 is 11.3 Å². The van der Waals surface area contributed by atoms with E-state index < -0.39 is 0 Å². The van der Waals surface area contributed by atoms with E-state index in [0.717, 1.165) is 34.0 Å². The molecule has 58 heavy (non-hydrogen) atoms. The van der Waals surface area contributed by atoms with Gasteiger partial charge in [0, 0.05) is 70.2 Å². The lowest BCUT2D eigenvalue weighted by Crippen LogP contribution is -2.09. The minimum absolute atomic E-state index is 1.10. The molecule has 3 aromatic heterocycles. The highest BCUT2D eigenvalue weighted by molar-refractivity contribution is 7.26. The summed E-state index contributed by atoms with van der Waals surface area (Å²) < 4.78 is 7.54. The fraction of sp³-hybridized carbons (Fsp3) is 0. The maximum Gasteiger partial charge on any atom is 0.0562 e. The third kappa shape index (κ3) is 5.05. The summed E-state index contributed by atoms with van der Waals surface area (Å²) in [7, 11) is 0. The zero-order chi connectivity index (χ0) is 38.2. The van der Waals surface area contributed by atoms with Gasteiger partial charge in [-0.05, 0) is 96.1 Å². The number of anilines is 3. The summed E-state index contributed by atoms with van der Waals surface area (Å²) in [6.45, 7) is 0. The number of para-hydroxylation sites is 4. The van der Waals surface area contributed by atoms with E-state index in [1.807, 2.05) is 11.3 Å². The van der Waals surface area contributed by atoms with Crippen molar-refractivity contribution in [2.75, 3.05) is 4.90 Å². The van der Waals surface area contributed by atoms with Crippen LogP contribution in [0, 0.1) is 0 Å². The average Bonchev–Trinajstić information content (AvgIpc) is 3.94. The number of nitrogens with zero attached hydrogens (tertiary/aromatic N) is 3. The van der Waals surface area contributed by atoms with Gasteiger partial charge in [-0.15, -0.1) is 11.3 Å². The molecule has 12 aromatic rings. The standard InChI is InChI=1S/C54H35N3S/c1-4-15-37(16-5-1)55(38-17-6-2-7-18-38)41-31-32-44-48-34-47-43-21-10-12-25-49(43)56(39-19-8-3-9-20-39)51(47)35-52(48)57(50(44)33-41)40-29-27-36(28-30-40)42-23-14-24-46-45-22-11-13-26-53(45)58-54(42)46/h1-35H. The molecule has 0 bridgehead atoms. The molecule has 3 heterocycles. The van der Waals surface area contributed by atoms with Crippen molar-refractivity contribution in [2.24, 2.45) is 0 Å². The van der Waals surface area contributed by atoms with Crippen molar-refractivity contribution in [1.29, 1.82) is 0 Å². The number of benzene rings is 9. The Hall–Kier alpha value is -7.40. The molecule has 0 radical (unpaired) electrons. The van der Waals surface area contributed by atoms with E-state index in [1.165, 1.54) is 69.4 Å². The van der Waals surface area contributed by atoms with Crippen LogP contribution < -0.4 is 4.90 Å². The molecule has 0 aliphatic heterocycles. The Morgan fingerprint density at radius 2 is 0.879 bits per heavy atom. The first kappa shape index (κ1) is 32.8. The van der Waals surface area contributed by atoms with Crippen LogP contribution in [0.5, 0.6) is 0 Å². The Balaban J connectivity index is 1.12. The molecule has 0 unspecified atom stereocenters. The van der Waals surface area contributed by atoms with E-state index in [4.69, 9.17) is 0 Å². The van der Waals surface area contributed by atoms with Gasteiger partial charge in [0.25, 0.3) is 0 Å². The van der Waals surface area contributed by atoms with Gasteiger partial charge >= 0.3 is 0 Å². The van der Waals surface area contributed by atoms with Gasteiger partial charge < -0.3 is 14.0 Å². The molecule has 3 nitrogen and oxygen atoms in total. The van der Waals surface area contributed by atoms with Crippen LogP contribution in [0.3, 0.4) is 0 Å². The van der Waals surface area contributed by atoms with E-state index in [0.29, 0.717) is 0 Å². The van der Waals surface area contributed by atoms with Gasteiger partial charge in [0.15, 0.2) is 0 Å². The van der Waals surface area contributed by atoms with Crippen LogP contribution in [0.25, 0.3) is 86.3 Å². The summed E-state index contributed by atoms with van der Waals surface area (Å²) in [4.78, 5) is 2.35. The van der Waals surface area contributed by atoms with Crippen LogP contribution in [0.1, 0.15) is 0 Å². The van der Waals surface area contributed by atoms with Gasteiger partial charge in [0.1, 0.15) is 0 Å². The highest BCUT2D eigenvalue weighted by atomic mass is 32.1. The predicted molar refractivity (Wildman–Crippen MR) is 248 cm³/mol. The number of fused-ring (bicyclic) bond motifs is 9. The molecular weight excluding hydrogens is 723 g/mol. The SMILES string of the molecule is c1ccc(N(c2ccccc2)c2ccc3c4cc5c6ccccc6n(-c6ccccc6)c5cc4n(-c4ccc(-c5cccc6c5sc5ccccc56)cc4)c3c2)cc1. The smallest absolute Gasteiger partial charge is 0.0562 e. The second kappa shape index (κ2) is 13.1. The normalized spacial score (nSPS) is 11.8. The van der Waals surface area contributed by atoms with Crippen molar-refractivity contribution in [3.63, 3.8) is 0 Å². The van der Waals surface area contributed by atoms with E-state index in [9.17, 15) is 0 Å². The van der Waals surface area contributed by atoms with Gasteiger partial charge in [-0.2, -0.15) is 0 Å². The molecule has 0 fully saturated rings. The maximum atomic E-state index is 2.47. The zero-order valence-corrected chi connectivity index (χ0v) is 32.3. The quantitative estimate of drug-likeness (QED) is 0.165. The molecule has 0 N–H and O–H groups in total. The fourth-order valence-electron chi connectivity index (χ4n) is 9.11. The van der Waals surface area contributed by atoms with Crippen molar-refractivity contribution >= 4 is 92.2 Å². The van der Waals surface area contributed by atoms with Gasteiger partial charge in [-0.25, -0.2) is 0 Å². The Morgan fingerprint density at radius 1 is 0.328 bits per heavy atom. The lowest BCUT2D eigenvalue weighted by molar-refractivity contribution is 1.16. The Morgan fingerprint density at radius 3 is 1.60 bits per heavy atom. The molecule has 0 spiro atoms. The van der Waals surface area contributed by atoms with Crippen LogP contribution in [0.2, 0.25) is 0 Å². The molecular formula is C54H35N3S. The molecule has 0 aliphatic rings. The predicted octanol–water partition coefficient (Wildman–Crippen LogP) is 15.4. The largest absolute Gasteiger partial charge is 0.310 e. The summed E-state index contributed by atoms with van der Waals surface area (Å²) in [5, 5.41) is 7.59. The molecule has 0 saturated carbocycles. The van der Waals surface area contributed by atoms with E-state index in [2.05, 4.69) is 226 Å². The van der Waals surface area contributed by atoms with Crippen molar-refractivity contribution in [2.45, 2.75) is 0 Å². The highest BCUT2D eigenvalue weighted by Crippen LogP contribution is 2.44. The van der Waals surface area contributed by atoms with Gasteiger partial charge in [-0.3, -0.25) is 0 Å². The van der Waals surface area contributed by atoms with Gasteiger partial charge in [0.2, 0.25) is 0 Å². The second-order valence-corrected chi connectivity index (χ2v) is 16.0. The number of hydrogen-bond donors (Lipinski definition) is 0. The van der Waals surface area contributed by atoms with Crippen molar-refractivity contribution in [1.82, 2.24) is 9.13 Å². The summed E-state index contributed by atoms with van der Waals surface area (Å²) in [5.74, 6) is 0. The van der Waals surface area contributed by atoms with Crippen molar-refractivity contribution in [3.05, 3.63) is 212 Å². The molecule has 0 saturated heterocycles. The molecule has 9 aromatic carbocycles. The minimum atomic E-state index is 1.10. The van der Waals surface area contributed by atoms with Crippen LogP contribution in [-0.4, -0.2) is 9.13 Å². The summed E-state index contributed by atoms with van der Waals surface area (Å²) in [6, 6.07) is 77.3. The van der Waals surface area contributed by atoms with E-state index in [-0.39, 0.29) is 0 Å². The summed E-state index contributed by atoms with van der Waals surface area (Å²) in [6.07, 6.45) is 0. The van der Waals surface area contributed by atoms with Crippen LogP contribution in [0.4, 0.5) is 17.1 Å². The van der Waals surface area contributed by atoms with Crippen LogP contribution in [0.15, 0.2) is 212 Å². The number of thiophene rings is 1.